The number of benzene rings is 1. The van der Waals surface area contributed by atoms with Gasteiger partial charge in [-0.3, -0.25) is 0 Å². The summed E-state index contributed by atoms with van der Waals surface area (Å²) < 4.78 is 33.0. The molecule has 1 aromatic carbocycles. The molecule has 0 fully saturated rings. The van der Waals surface area contributed by atoms with Crippen molar-refractivity contribution in [3.63, 3.8) is 0 Å². The van der Waals surface area contributed by atoms with Crippen molar-refractivity contribution in [3.8, 4) is 11.1 Å². The van der Waals surface area contributed by atoms with Gasteiger partial charge < -0.3 is 4.42 Å². The van der Waals surface area contributed by atoms with Crippen molar-refractivity contribution in [2.75, 3.05) is 0 Å². The van der Waals surface area contributed by atoms with E-state index in [2.05, 4.69) is 20.7 Å². The van der Waals surface area contributed by atoms with Crippen LogP contribution in [0.5, 0.6) is 0 Å². The van der Waals surface area contributed by atoms with Crippen LogP contribution in [0.2, 0.25) is 0 Å². The Labute approximate surface area is 141 Å². The van der Waals surface area contributed by atoms with Gasteiger partial charge >= 0.3 is 0 Å². The van der Waals surface area contributed by atoms with Gasteiger partial charge in [0, 0.05) is 12.1 Å². The van der Waals surface area contributed by atoms with Crippen molar-refractivity contribution in [3.05, 3.63) is 64.3 Å². The Hall–Kier alpha value is -1.41. The zero-order chi connectivity index (χ0) is 15.6. The third kappa shape index (κ3) is 3.49. The van der Waals surface area contributed by atoms with Gasteiger partial charge in [-0.2, -0.15) is 0 Å². The van der Waals surface area contributed by atoms with Crippen molar-refractivity contribution < 1.29 is 12.8 Å². The zero-order valence-electron chi connectivity index (χ0n) is 11.3. The van der Waals surface area contributed by atoms with Gasteiger partial charge in [-0.15, -0.1) is 11.3 Å². The highest BCUT2D eigenvalue weighted by atomic mass is 79.9. The molecule has 0 amide bonds. The second kappa shape index (κ2) is 6.37. The third-order valence-corrected chi connectivity index (χ3v) is 6.60. The second-order valence-electron chi connectivity index (χ2n) is 4.59. The number of thiophene rings is 1. The summed E-state index contributed by atoms with van der Waals surface area (Å²) in [5, 5.41) is 0. The number of halogens is 1. The number of rotatable bonds is 5. The molecule has 1 N–H and O–H groups in total. The fourth-order valence-electron chi connectivity index (χ4n) is 1.94. The minimum atomic E-state index is -3.47. The van der Waals surface area contributed by atoms with Gasteiger partial charge in [0.25, 0.3) is 0 Å². The summed E-state index contributed by atoms with van der Waals surface area (Å²) in [5.41, 5.74) is 2.92. The Morgan fingerprint density at radius 1 is 1.05 bits per heavy atom. The molecule has 4 nitrogen and oxygen atoms in total. The summed E-state index contributed by atoms with van der Waals surface area (Å²) in [4.78, 5) is 0. The Morgan fingerprint density at radius 3 is 2.41 bits per heavy atom. The maximum absolute atomic E-state index is 12.1. The molecule has 22 heavy (non-hydrogen) atoms. The van der Waals surface area contributed by atoms with Gasteiger partial charge in [-0.1, -0.05) is 24.3 Å². The molecule has 2 heterocycles. The van der Waals surface area contributed by atoms with E-state index in [0.29, 0.717) is 4.21 Å². The van der Waals surface area contributed by atoms with Gasteiger partial charge in [0.05, 0.1) is 16.3 Å². The lowest BCUT2D eigenvalue weighted by Crippen LogP contribution is -2.22. The quantitative estimate of drug-likeness (QED) is 0.699. The van der Waals surface area contributed by atoms with Crippen molar-refractivity contribution in [1.29, 1.82) is 0 Å². The SMILES string of the molecule is O=S(=O)(NCc1ccc(-c2ccoc2)cc1)c1ccc(Br)s1. The van der Waals surface area contributed by atoms with Crippen molar-refractivity contribution in [2.24, 2.45) is 0 Å². The molecule has 0 spiro atoms. The monoisotopic (exact) mass is 397 g/mol. The summed E-state index contributed by atoms with van der Waals surface area (Å²) in [6.07, 6.45) is 3.29. The standard InChI is InChI=1S/C15H12BrNO3S2/c16-14-5-6-15(21-14)22(18,19)17-9-11-1-3-12(4-2-11)13-7-8-20-10-13/h1-8,10,17H,9H2. The lowest BCUT2D eigenvalue weighted by molar-refractivity contribution is 0.568. The number of sulfonamides is 1. The molecule has 3 rings (SSSR count). The molecule has 0 aliphatic carbocycles. The van der Waals surface area contributed by atoms with E-state index >= 15 is 0 Å². The van der Waals surface area contributed by atoms with Crippen LogP contribution in [-0.2, 0) is 16.6 Å². The van der Waals surface area contributed by atoms with Crippen LogP contribution in [0.25, 0.3) is 11.1 Å². The fraction of sp³-hybridized carbons (Fsp3) is 0.0667. The topological polar surface area (TPSA) is 59.3 Å². The van der Waals surface area contributed by atoms with Crippen LogP contribution >= 0.6 is 27.3 Å². The molecule has 0 aliphatic heterocycles. The molecule has 0 saturated carbocycles. The van der Waals surface area contributed by atoms with E-state index in [1.807, 2.05) is 30.3 Å². The first-order chi connectivity index (χ1) is 10.5. The maximum Gasteiger partial charge on any atom is 0.250 e. The van der Waals surface area contributed by atoms with Crippen LogP contribution in [0.1, 0.15) is 5.56 Å². The Morgan fingerprint density at radius 2 is 1.82 bits per heavy atom. The number of hydrogen-bond donors (Lipinski definition) is 1. The Bertz CT molecular complexity index is 853. The number of furan rings is 1. The van der Waals surface area contributed by atoms with E-state index in [4.69, 9.17) is 4.42 Å². The first-order valence-corrected chi connectivity index (χ1v) is 9.50. The van der Waals surface area contributed by atoms with Crippen LogP contribution < -0.4 is 4.72 Å². The fourth-order valence-corrected chi connectivity index (χ4v) is 5.01. The van der Waals surface area contributed by atoms with Gasteiger partial charge in [0.15, 0.2) is 0 Å². The Kier molecular flexibility index (Phi) is 4.49. The Balaban J connectivity index is 1.69. The van der Waals surface area contributed by atoms with E-state index in [-0.39, 0.29) is 6.54 Å². The van der Waals surface area contributed by atoms with Crippen LogP contribution in [0, 0.1) is 0 Å². The van der Waals surface area contributed by atoms with E-state index in [0.717, 1.165) is 20.5 Å². The largest absolute Gasteiger partial charge is 0.472 e. The maximum atomic E-state index is 12.1. The lowest BCUT2D eigenvalue weighted by atomic mass is 10.1. The van der Waals surface area contributed by atoms with Gasteiger partial charge in [-0.25, -0.2) is 13.1 Å². The molecule has 0 radical (unpaired) electrons. The summed E-state index contributed by atoms with van der Waals surface area (Å²) in [5.74, 6) is 0. The molecule has 0 unspecified atom stereocenters. The minimum Gasteiger partial charge on any atom is -0.472 e. The highest BCUT2D eigenvalue weighted by Crippen LogP contribution is 2.26. The first kappa shape index (κ1) is 15.5. The van der Waals surface area contributed by atoms with E-state index < -0.39 is 10.0 Å². The average Bonchev–Trinajstić information content (AvgIpc) is 3.17. The van der Waals surface area contributed by atoms with Crippen LogP contribution in [0.3, 0.4) is 0 Å². The molecule has 0 bridgehead atoms. The van der Waals surface area contributed by atoms with Crippen molar-refractivity contribution in [2.45, 2.75) is 10.8 Å². The zero-order valence-corrected chi connectivity index (χ0v) is 14.5. The molecule has 7 heteroatoms. The molecular weight excluding hydrogens is 386 g/mol. The summed E-state index contributed by atoms with van der Waals surface area (Å²) in [6.45, 7) is 0.253. The van der Waals surface area contributed by atoms with Crippen molar-refractivity contribution >= 4 is 37.3 Å². The van der Waals surface area contributed by atoms with Gasteiger partial charge in [0.1, 0.15) is 4.21 Å². The van der Waals surface area contributed by atoms with Crippen LogP contribution in [0.15, 0.2) is 67.4 Å². The molecular formula is C15H12BrNO3S2. The molecule has 114 valence electrons. The lowest BCUT2D eigenvalue weighted by Gasteiger charge is -2.05. The molecule has 0 atom stereocenters. The summed E-state index contributed by atoms with van der Waals surface area (Å²) >= 11 is 4.45. The van der Waals surface area contributed by atoms with E-state index in [1.54, 1.807) is 24.7 Å². The highest BCUT2D eigenvalue weighted by Gasteiger charge is 2.15. The average molecular weight is 398 g/mol. The molecule has 2 aromatic heterocycles. The van der Waals surface area contributed by atoms with Gasteiger partial charge in [-0.05, 0) is 45.3 Å². The number of hydrogen-bond acceptors (Lipinski definition) is 4. The van der Waals surface area contributed by atoms with E-state index in [1.165, 1.54) is 11.3 Å². The summed E-state index contributed by atoms with van der Waals surface area (Å²) in [7, 11) is -3.47. The normalized spacial score (nSPS) is 11.7. The molecule has 3 aromatic rings. The predicted molar refractivity (Wildman–Crippen MR) is 90.2 cm³/mol. The van der Waals surface area contributed by atoms with Crippen LogP contribution in [-0.4, -0.2) is 8.42 Å². The molecule has 0 aliphatic rings. The minimum absolute atomic E-state index is 0.253. The predicted octanol–water partition coefficient (Wildman–Crippen LogP) is 4.25. The smallest absolute Gasteiger partial charge is 0.250 e. The van der Waals surface area contributed by atoms with E-state index in [9.17, 15) is 8.42 Å². The molecule has 0 saturated heterocycles. The van der Waals surface area contributed by atoms with Crippen LogP contribution in [0.4, 0.5) is 0 Å². The number of nitrogens with one attached hydrogen (secondary N) is 1. The first-order valence-electron chi connectivity index (χ1n) is 6.41. The van der Waals surface area contributed by atoms with Gasteiger partial charge in [0.2, 0.25) is 10.0 Å². The second-order valence-corrected chi connectivity index (χ2v) is 9.05. The highest BCUT2D eigenvalue weighted by molar-refractivity contribution is 9.11. The third-order valence-electron chi connectivity index (χ3n) is 3.09. The van der Waals surface area contributed by atoms with Crippen molar-refractivity contribution in [1.82, 2.24) is 4.72 Å². The summed E-state index contributed by atoms with van der Waals surface area (Å²) in [6, 6.07) is 12.9.